The molecule has 0 radical (unpaired) electrons. The molecule has 3 aromatic rings. The van der Waals surface area contributed by atoms with Crippen molar-refractivity contribution in [1.29, 1.82) is 0 Å². The highest BCUT2D eigenvalue weighted by atomic mass is 32.2. The highest BCUT2D eigenvalue weighted by molar-refractivity contribution is 7.99. The second-order valence-electron chi connectivity index (χ2n) is 8.13. The van der Waals surface area contributed by atoms with Crippen LogP contribution in [0.4, 0.5) is 16.2 Å². The van der Waals surface area contributed by atoms with Crippen molar-refractivity contribution in [1.82, 2.24) is 5.43 Å². The second-order valence-corrected chi connectivity index (χ2v) is 9.30. The molecule has 3 amide bonds. The SMILES string of the molecule is CCCN1C(=O)C(=NNC(=O)Nc2ccccc2)c2cc(SCCc3ccc(C(=O)O)cc3)ccc21. The number of benzene rings is 3. The van der Waals surface area contributed by atoms with Gasteiger partial charge in [-0.2, -0.15) is 5.10 Å². The van der Waals surface area contributed by atoms with Crippen molar-refractivity contribution in [2.45, 2.75) is 24.7 Å². The fourth-order valence-electron chi connectivity index (χ4n) is 3.82. The lowest BCUT2D eigenvalue weighted by molar-refractivity contribution is -0.112. The molecule has 3 aromatic carbocycles. The van der Waals surface area contributed by atoms with Crippen LogP contribution in [0.1, 0.15) is 34.8 Å². The third kappa shape index (κ3) is 5.92. The van der Waals surface area contributed by atoms with Crippen molar-refractivity contribution in [3.8, 4) is 0 Å². The van der Waals surface area contributed by atoms with E-state index in [1.54, 1.807) is 40.9 Å². The molecule has 8 nitrogen and oxygen atoms in total. The summed E-state index contributed by atoms with van der Waals surface area (Å²) in [5, 5.41) is 15.9. The summed E-state index contributed by atoms with van der Waals surface area (Å²) in [4.78, 5) is 39.1. The molecule has 9 heteroatoms. The highest BCUT2D eigenvalue weighted by Gasteiger charge is 2.34. The normalized spacial score (nSPS) is 13.5. The lowest BCUT2D eigenvalue weighted by Gasteiger charge is -2.15. The van der Waals surface area contributed by atoms with Gasteiger partial charge in [-0.25, -0.2) is 15.0 Å². The minimum atomic E-state index is -0.940. The first-order valence-electron chi connectivity index (χ1n) is 11.6. The third-order valence-electron chi connectivity index (χ3n) is 5.57. The van der Waals surface area contributed by atoms with Gasteiger partial charge in [0.25, 0.3) is 5.91 Å². The van der Waals surface area contributed by atoms with Crippen LogP contribution in [0.5, 0.6) is 0 Å². The number of urea groups is 1. The molecule has 4 rings (SSSR count). The Hall–Kier alpha value is -4.11. The molecule has 0 aromatic heterocycles. The maximum absolute atomic E-state index is 13.1. The Morgan fingerprint density at radius 1 is 1.03 bits per heavy atom. The number of rotatable bonds is 9. The van der Waals surface area contributed by atoms with Crippen LogP contribution < -0.4 is 15.6 Å². The smallest absolute Gasteiger partial charge is 0.339 e. The van der Waals surface area contributed by atoms with E-state index >= 15 is 0 Å². The minimum absolute atomic E-state index is 0.202. The maximum Gasteiger partial charge on any atom is 0.339 e. The number of nitrogens with zero attached hydrogens (tertiary/aromatic N) is 2. The summed E-state index contributed by atoms with van der Waals surface area (Å²) in [6.45, 7) is 2.56. The number of anilines is 2. The number of aryl methyl sites for hydroxylation is 1. The zero-order valence-electron chi connectivity index (χ0n) is 19.7. The average Bonchev–Trinajstić information content (AvgIpc) is 3.14. The summed E-state index contributed by atoms with van der Waals surface area (Å²) in [5.41, 5.74) is 6.05. The number of carboxylic acid groups (broad SMARTS) is 1. The fraction of sp³-hybridized carbons (Fsp3) is 0.185. The van der Waals surface area contributed by atoms with Crippen molar-refractivity contribution in [3.05, 3.63) is 89.5 Å². The number of hydrogen-bond donors (Lipinski definition) is 3. The van der Waals surface area contributed by atoms with Crippen molar-refractivity contribution < 1.29 is 19.5 Å². The molecule has 0 saturated heterocycles. The number of hydrazone groups is 1. The lowest BCUT2D eigenvalue weighted by Crippen LogP contribution is -2.33. The number of carbonyl (C=O) groups excluding carboxylic acids is 2. The molecule has 0 bridgehead atoms. The number of carboxylic acids is 1. The molecule has 1 aliphatic rings. The van der Waals surface area contributed by atoms with Gasteiger partial charge in [-0.15, -0.1) is 11.8 Å². The molecule has 1 heterocycles. The molecule has 0 fully saturated rings. The summed E-state index contributed by atoms with van der Waals surface area (Å²) in [6, 6.07) is 21.1. The van der Waals surface area contributed by atoms with Gasteiger partial charge in [0.1, 0.15) is 0 Å². The first-order chi connectivity index (χ1) is 17.5. The van der Waals surface area contributed by atoms with E-state index in [-0.39, 0.29) is 17.2 Å². The number of amides is 3. The number of nitrogens with one attached hydrogen (secondary N) is 2. The molecule has 1 aliphatic heterocycles. The van der Waals surface area contributed by atoms with Gasteiger partial charge in [0, 0.05) is 28.4 Å². The van der Waals surface area contributed by atoms with Gasteiger partial charge in [0.2, 0.25) is 0 Å². The largest absolute Gasteiger partial charge is 0.478 e. The van der Waals surface area contributed by atoms with Crippen LogP contribution in [0.3, 0.4) is 0 Å². The van der Waals surface area contributed by atoms with E-state index in [0.717, 1.165) is 34.7 Å². The van der Waals surface area contributed by atoms with E-state index in [2.05, 4.69) is 15.8 Å². The molecular weight excluding hydrogens is 476 g/mol. The first kappa shape index (κ1) is 25.0. The number of carbonyl (C=O) groups is 3. The van der Waals surface area contributed by atoms with Crippen LogP contribution >= 0.6 is 11.8 Å². The zero-order valence-corrected chi connectivity index (χ0v) is 20.5. The van der Waals surface area contributed by atoms with Crippen molar-refractivity contribution in [3.63, 3.8) is 0 Å². The van der Waals surface area contributed by atoms with Gasteiger partial charge >= 0.3 is 12.0 Å². The second kappa shape index (κ2) is 11.5. The number of thioether (sulfide) groups is 1. The number of fused-ring (bicyclic) bond motifs is 1. The van der Waals surface area contributed by atoms with E-state index < -0.39 is 12.0 Å². The highest BCUT2D eigenvalue weighted by Crippen LogP contribution is 2.33. The monoisotopic (exact) mass is 502 g/mol. The van der Waals surface area contributed by atoms with Gasteiger partial charge < -0.3 is 15.3 Å². The molecule has 0 aliphatic carbocycles. The number of para-hydroxylation sites is 1. The van der Waals surface area contributed by atoms with Crippen LogP contribution in [0.2, 0.25) is 0 Å². The molecular formula is C27H26N4O4S. The quantitative estimate of drug-likeness (QED) is 0.282. The molecule has 36 heavy (non-hydrogen) atoms. The lowest BCUT2D eigenvalue weighted by atomic mass is 10.1. The predicted molar refractivity (Wildman–Crippen MR) is 142 cm³/mol. The van der Waals surface area contributed by atoms with Gasteiger partial charge in [-0.1, -0.05) is 37.3 Å². The Morgan fingerprint density at radius 2 is 1.78 bits per heavy atom. The van der Waals surface area contributed by atoms with Crippen molar-refractivity contribution in [2.75, 3.05) is 22.5 Å². The Morgan fingerprint density at radius 3 is 2.47 bits per heavy atom. The van der Waals surface area contributed by atoms with Crippen LogP contribution in [0.25, 0.3) is 0 Å². The molecule has 0 unspecified atom stereocenters. The number of aromatic carboxylic acids is 1. The van der Waals surface area contributed by atoms with E-state index in [9.17, 15) is 14.4 Å². The molecule has 0 atom stereocenters. The van der Waals surface area contributed by atoms with Crippen LogP contribution in [-0.4, -0.2) is 41.0 Å². The summed E-state index contributed by atoms with van der Waals surface area (Å²) in [6.07, 6.45) is 1.56. The van der Waals surface area contributed by atoms with Crippen LogP contribution in [-0.2, 0) is 11.2 Å². The van der Waals surface area contributed by atoms with E-state index in [0.29, 0.717) is 17.8 Å². The van der Waals surface area contributed by atoms with Crippen LogP contribution in [0.15, 0.2) is 82.8 Å². The summed E-state index contributed by atoms with van der Waals surface area (Å²) in [7, 11) is 0. The Bertz CT molecular complexity index is 1290. The summed E-state index contributed by atoms with van der Waals surface area (Å²) < 4.78 is 0. The molecule has 3 N–H and O–H groups in total. The van der Waals surface area contributed by atoms with E-state index in [1.807, 2.05) is 55.5 Å². The van der Waals surface area contributed by atoms with Crippen molar-refractivity contribution in [2.24, 2.45) is 5.10 Å². The first-order valence-corrected chi connectivity index (χ1v) is 12.6. The Labute approximate surface area is 213 Å². The van der Waals surface area contributed by atoms with Gasteiger partial charge in [-0.05, 0) is 60.9 Å². The van der Waals surface area contributed by atoms with E-state index in [4.69, 9.17) is 5.11 Å². The number of hydrogen-bond acceptors (Lipinski definition) is 5. The third-order valence-corrected chi connectivity index (χ3v) is 6.57. The topological polar surface area (TPSA) is 111 Å². The minimum Gasteiger partial charge on any atom is -0.478 e. The Balaban J connectivity index is 1.46. The molecule has 0 saturated carbocycles. The average molecular weight is 503 g/mol. The predicted octanol–water partition coefficient (Wildman–Crippen LogP) is 5.00. The van der Waals surface area contributed by atoms with Gasteiger partial charge in [0.05, 0.1) is 11.3 Å². The standard InChI is InChI=1S/C27H26N4O4S/c1-2-15-31-23-13-12-21(36-16-14-18-8-10-19(11-9-18)26(33)34)17-22(23)24(25(31)32)29-30-27(35)28-20-6-4-3-5-7-20/h3-13,17H,2,14-16H2,1H3,(H,33,34)(H2,28,30,35). The zero-order chi connectivity index (χ0) is 25.5. The van der Waals surface area contributed by atoms with Crippen LogP contribution in [0, 0.1) is 0 Å². The van der Waals surface area contributed by atoms with Gasteiger partial charge in [-0.3, -0.25) is 4.79 Å². The molecule has 184 valence electrons. The summed E-state index contributed by atoms with van der Waals surface area (Å²) in [5.74, 6) is -0.403. The Kier molecular flexibility index (Phi) is 8.02. The molecule has 0 spiro atoms. The van der Waals surface area contributed by atoms with Crippen molar-refractivity contribution >= 4 is 46.8 Å². The summed E-state index contributed by atoms with van der Waals surface area (Å²) >= 11 is 1.63. The fourth-order valence-corrected chi connectivity index (χ4v) is 4.76. The maximum atomic E-state index is 13.1. The van der Waals surface area contributed by atoms with E-state index in [1.165, 1.54) is 0 Å². The van der Waals surface area contributed by atoms with Gasteiger partial charge in [0.15, 0.2) is 5.71 Å².